The van der Waals surface area contributed by atoms with Crippen LogP contribution in [0, 0.1) is 0 Å². The third-order valence-electron chi connectivity index (χ3n) is 2.34. The van der Waals surface area contributed by atoms with E-state index < -0.39 is 16.5 Å². The van der Waals surface area contributed by atoms with Gasteiger partial charge >= 0.3 is 120 Å². The molecule has 6 heteroatoms. The van der Waals surface area contributed by atoms with E-state index in [1.54, 1.807) is 11.8 Å². The van der Waals surface area contributed by atoms with Gasteiger partial charge in [0.15, 0.2) is 0 Å². The van der Waals surface area contributed by atoms with E-state index in [-0.39, 0.29) is 6.04 Å². The summed E-state index contributed by atoms with van der Waals surface area (Å²) in [5.74, 6) is 0.901. The van der Waals surface area contributed by atoms with Gasteiger partial charge in [-0.15, -0.1) is 0 Å². The molecule has 17 heavy (non-hydrogen) atoms. The zero-order chi connectivity index (χ0) is 12.9. The summed E-state index contributed by atoms with van der Waals surface area (Å²) >= 11 is -1.95. The van der Waals surface area contributed by atoms with Gasteiger partial charge in [-0.2, -0.15) is 0 Å². The van der Waals surface area contributed by atoms with Gasteiger partial charge in [0.25, 0.3) is 0 Å². The molecule has 2 N–H and O–H groups in total. The van der Waals surface area contributed by atoms with Crippen molar-refractivity contribution in [2.24, 2.45) is 5.73 Å². The number of hydrogen-bond acceptors (Lipinski definition) is 3. The maximum absolute atomic E-state index is 6.43. The number of benzene rings is 1. The Morgan fingerprint density at radius 1 is 1.41 bits per heavy atom. The van der Waals surface area contributed by atoms with Gasteiger partial charge in [0.2, 0.25) is 0 Å². The Kier molecular flexibility index (Phi) is 6.98. The van der Waals surface area contributed by atoms with Gasteiger partial charge in [0.05, 0.1) is 0 Å². The van der Waals surface area contributed by atoms with Crippen molar-refractivity contribution in [1.82, 2.24) is 0 Å². The van der Waals surface area contributed by atoms with Crippen LogP contribution in [0.4, 0.5) is 0 Å². The van der Waals surface area contributed by atoms with Gasteiger partial charge in [-0.1, -0.05) is 0 Å². The van der Waals surface area contributed by atoms with Crippen LogP contribution in [0.2, 0.25) is 0 Å². The van der Waals surface area contributed by atoms with E-state index in [1.165, 1.54) is 0 Å². The summed E-state index contributed by atoms with van der Waals surface area (Å²) in [4.78, 5) is 0. The molecule has 0 aliphatic heterocycles. The van der Waals surface area contributed by atoms with Crippen LogP contribution >= 0.6 is 29.6 Å². The Bertz CT molecular complexity index is 363. The summed E-state index contributed by atoms with van der Waals surface area (Å²) in [5, 5.41) is 0. The molecule has 2 nitrogen and oxygen atoms in total. The molecule has 0 amide bonds. The molecule has 1 rings (SSSR count). The number of rotatable bonds is 6. The molecular weight excluding hydrogens is 384 g/mol. The van der Waals surface area contributed by atoms with Crippen LogP contribution in [0.1, 0.15) is 18.5 Å². The molecule has 0 aromatic heterocycles. The minimum absolute atomic E-state index is 0.0797. The van der Waals surface area contributed by atoms with E-state index in [4.69, 9.17) is 26.7 Å². The molecule has 0 heterocycles. The molecule has 0 fully saturated rings. The predicted octanol–water partition coefficient (Wildman–Crippen LogP) is 2.71. The molecule has 0 spiro atoms. The average Bonchev–Trinajstić information content (AvgIpc) is 2.29. The quantitative estimate of drug-likeness (QED) is 0.589. The molecular formula is C11H17Cl2NOSSn. The first-order valence-electron chi connectivity index (χ1n) is 5.34. The molecule has 0 bridgehead atoms. The van der Waals surface area contributed by atoms with Crippen molar-refractivity contribution in [3.63, 3.8) is 0 Å². The molecule has 96 valence electrons. The maximum atomic E-state index is 6.43. The van der Waals surface area contributed by atoms with Crippen molar-refractivity contribution >= 4 is 49.7 Å². The van der Waals surface area contributed by atoms with Crippen LogP contribution in [0.15, 0.2) is 24.3 Å². The third-order valence-corrected chi connectivity index (χ3v) is 11.8. The van der Waals surface area contributed by atoms with Crippen molar-refractivity contribution in [2.75, 3.05) is 18.6 Å². The van der Waals surface area contributed by atoms with Gasteiger partial charge in [0, 0.05) is 0 Å². The second-order valence-electron chi connectivity index (χ2n) is 3.73. The van der Waals surface area contributed by atoms with Crippen LogP contribution in [0.5, 0.6) is 0 Å². The zero-order valence-corrected chi connectivity index (χ0v) is 15.1. The van der Waals surface area contributed by atoms with Crippen molar-refractivity contribution in [3.8, 4) is 0 Å². The molecule has 1 aromatic rings. The molecule has 1 atom stereocenters. The molecule has 0 radical (unpaired) electrons. The Morgan fingerprint density at radius 2 is 2.06 bits per heavy atom. The van der Waals surface area contributed by atoms with Crippen molar-refractivity contribution in [2.45, 2.75) is 13.0 Å². The van der Waals surface area contributed by atoms with E-state index in [0.29, 0.717) is 6.61 Å². The second kappa shape index (κ2) is 7.46. The fraction of sp³-hybridized carbons (Fsp3) is 0.455. The van der Waals surface area contributed by atoms with E-state index >= 15 is 0 Å². The van der Waals surface area contributed by atoms with Gasteiger partial charge in [-0.25, -0.2) is 0 Å². The van der Waals surface area contributed by atoms with Gasteiger partial charge in [-0.05, 0) is 0 Å². The number of thioether (sulfide) groups is 1. The van der Waals surface area contributed by atoms with Crippen LogP contribution in [0.25, 0.3) is 0 Å². The first-order chi connectivity index (χ1) is 7.99. The van der Waals surface area contributed by atoms with Gasteiger partial charge < -0.3 is 0 Å². The average molecular weight is 401 g/mol. The zero-order valence-electron chi connectivity index (χ0n) is 9.95. The number of halogens is 2. The third kappa shape index (κ3) is 4.80. The van der Waals surface area contributed by atoms with E-state index in [1.807, 2.05) is 37.4 Å². The molecule has 0 saturated heterocycles. The summed E-state index contributed by atoms with van der Waals surface area (Å²) in [5.41, 5.74) is 6.92. The van der Waals surface area contributed by atoms with E-state index in [9.17, 15) is 0 Å². The Labute approximate surface area is 119 Å². The van der Waals surface area contributed by atoms with Crippen molar-refractivity contribution < 1.29 is 3.07 Å². The fourth-order valence-electron chi connectivity index (χ4n) is 1.49. The van der Waals surface area contributed by atoms with Crippen LogP contribution in [-0.4, -0.2) is 35.2 Å². The van der Waals surface area contributed by atoms with Gasteiger partial charge in [-0.3, -0.25) is 0 Å². The topological polar surface area (TPSA) is 35.2 Å². The van der Waals surface area contributed by atoms with Crippen LogP contribution in [-0.2, 0) is 3.07 Å². The Balaban J connectivity index is 2.89. The normalized spacial score (nSPS) is 13.7. The fourth-order valence-corrected chi connectivity index (χ4v) is 9.65. The molecule has 0 saturated carbocycles. The monoisotopic (exact) mass is 401 g/mol. The second-order valence-corrected chi connectivity index (χ2v) is 18.5. The summed E-state index contributed by atoms with van der Waals surface area (Å²) in [6, 6.07) is 7.70. The van der Waals surface area contributed by atoms with Crippen LogP contribution in [0.3, 0.4) is 0 Å². The van der Waals surface area contributed by atoms with Crippen molar-refractivity contribution in [1.29, 1.82) is 0 Å². The van der Waals surface area contributed by atoms with E-state index in [2.05, 4.69) is 0 Å². The molecule has 1 unspecified atom stereocenters. The first kappa shape index (κ1) is 15.9. The Morgan fingerprint density at radius 3 is 2.65 bits per heavy atom. The molecule has 1 aromatic carbocycles. The number of nitrogens with two attached hydrogens (primary N) is 1. The van der Waals surface area contributed by atoms with E-state index in [0.717, 1.165) is 14.9 Å². The first-order valence-corrected chi connectivity index (χ1v) is 16.6. The summed E-state index contributed by atoms with van der Waals surface area (Å²) in [6.45, 7) is 2.52. The summed E-state index contributed by atoms with van der Waals surface area (Å²) in [7, 11) is 12.9. The summed E-state index contributed by atoms with van der Waals surface area (Å²) in [6.07, 6.45) is 2.03. The van der Waals surface area contributed by atoms with Gasteiger partial charge in [0.1, 0.15) is 0 Å². The molecule has 0 aliphatic carbocycles. The summed E-state index contributed by atoms with van der Waals surface area (Å²) < 4.78 is 6.64. The van der Waals surface area contributed by atoms with Crippen LogP contribution < -0.4 is 9.31 Å². The number of hydrogen-bond donors (Lipinski definition) is 1. The van der Waals surface area contributed by atoms with Crippen molar-refractivity contribution in [3.05, 3.63) is 29.8 Å². The Hall–Kier alpha value is 0.869. The minimum atomic E-state index is -3.66. The SMILES string of the molecule is CSCC[O][Sn]([Cl])([Cl])[c]1ccccc1C(C)N. The predicted molar refractivity (Wildman–Crippen MR) is 80.5 cm³/mol. The molecule has 0 aliphatic rings. The standard InChI is InChI=1S/C8H10N.C3H7OS.2ClH.Sn/c1-7(9)8-5-3-2-4-6-8;1-5-3-2-4;;;/h2-5,7H,9H2,1H3;2-3H2,1H3;2*1H;/q;-1;;;+3/p-2.